The lowest BCUT2D eigenvalue weighted by atomic mass is 10.0. The van der Waals surface area contributed by atoms with Crippen LogP contribution < -0.4 is 21.3 Å². The largest absolute Gasteiger partial charge is 0.435 e. The molecule has 0 aliphatic carbocycles. The SMILES string of the molecule is CSC[C@H](C)N.CSC[C@H](C)NC(=O)c1c(F)cccc1C(=O)Nc1ccc(Cn2nc(C(F)(F)F)cc2C(F)(F)F)cc1C.Cc1cc(Cn2nc(C(F)(F)F)cc2C(F)(F)F)ccc1N1C(=O)c2cccc(F)c2C1=O. The van der Waals surface area contributed by atoms with Gasteiger partial charge in [0.1, 0.15) is 23.0 Å². The zero-order valence-corrected chi connectivity index (χ0v) is 43.3. The van der Waals surface area contributed by atoms with Crippen LogP contribution in [0.5, 0.6) is 0 Å². The zero-order chi connectivity index (χ0) is 58.4. The van der Waals surface area contributed by atoms with Crippen molar-refractivity contribution in [3.63, 3.8) is 0 Å². The Morgan fingerprint density at radius 3 is 1.58 bits per heavy atom. The molecular weight excluding hydrogens is 1110 g/mol. The van der Waals surface area contributed by atoms with Gasteiger partial charge in [0.05, 0.1) is 41.0 Å². The van der Waals surface area contributed by atoms with E-state index < -0.39 is 107 Å². The van der Waals surface area contributed by atoms with Gasteiger partial charge in [-0.15, -0.1) is 0 Å². The van der Waals surface area contributed by atoms with Crippen LogP contribution in [0.2, 0.25) is 0 Å². The van der Waals surface area contributed by atoms with Gasteiger partial charge in [-0.05, 0) is 98.9 Å². The number of nitrogens with one attached hydrogen (secondary N) is 2. The normalized spacial score (nSPS) is 13.5. The fourth-order valence-corrected chi connectivity index (χ4v) is 8.74. The number of anilines is 2. The molecule has 0 saturated heterocycles. The van der Waals surface area contributed by atoms with Gasteiger partial charge in [-0.2, -0.15) is 86.4 Å². The summed E-state index contributed by atoms with van der Waals surface area (Å²) in [5.74, 6) is -3.40. The maximum Gasteiger partial charge on any atom is 0.435 e. The number of nitrogens with two attached hydrogens (primary N) is 1. The van der Waals surface area contributed by atoms with Crippen molar-refractivity contribution in [1.82, 2.24) is 24.9 Å². The van der Waals surface area contributed by atoms with Gasteiger partial charge in [0.2, 0.25) is 0 Å². The molecular formula is C50H46F14N8O4S2. The van der Waals surface area contributed by atoms with Crippen molar-refractivity contribution in [2.24, 2.45) is 5.73 Å². The number of carbonyl (C=O) groups excluding carboxylic acids is 4. The van der Waals surface area contributed by atoms with Gasteiger partial charge in [0, 0.05) is 41.4 Å². The Hall–Kier alpha value is -6.94. The highest BCUT2D eigenvalue weighted by molar-refractivity contribution is 7.98. The average molecular weight is 1150 g/mol. The van der Waals surface area contributed by atoms with Crippen LogP contribution in [-0.4, -0.2) is 79.3 Å². The van der Waals surface area contributed by atoms with Crippen molar-refractivity contribution in [3.8, 4) is 0 Å². The van der Waals surface area contributed by atoms with E-state index in [4.69, 9.17) is 5.73 Å². The van der Waals surface area contributed by atoms with Gasteiger partial charge in [-0.25, -0.2) is 13.7 Å². The van der Waals surface area contributed by atoms with Crippen molar-refractivity contribution in [2.45, 2.75) is 77.6 Å². The fraction of sp³-hybridized carbons (Fsp3) is 0.320. The van der Waals surface area contributed by atoms with Gasteiger partial charge in [-0.3, -0.25) is 28.5 Å². The number of thioether (sulfide) groups is 2. The summed E-state index contributed by atoms with van der Waals surface area (Å²) in [4.78, 5) is 51.7. The summed E-state index contributed by atoms with van der Waals surface area (Å²) in [5, 5.41) is 11.3. The lowest BCUT2D eigenvalue weighted by Crippen LogP contribution is -2.36. The minimum absolute atomic E-state index is 0.0595. The second kappa shape index (κ2) is 24.8. The molecule has 1 aliphatic rings. The van der Waals surface area contributed by atoms with Crippen LogP contribution in [0.1, 0.15) is 100 Å². The predicted octanol–water partition coefficient (Wildman–Crippen LogP) is 12.1. The number of halogens is 14. The summed E-state index contributed by atoms with van der Waals surface area (Å²) in [7, 11) is 0. The highest BCUT2D eigenvalue weighted by atomic mass is 32.2. The number of aryl methyl sites for hydroxylation is 2. The quantitative estimate of drug-likeness (QED) is 0.0756. The van der Waals surface area contributed by atoms with E-state index in [1.807, 2.05) is 13.2 Å². The number of aromatic nitrogens is 4. The third-order valence-corrected chi connectivity index (χ3v) is 12.7. The van der Waals surface area contributed by atoms with E-state index >= 15 is 0 Å². The molecule has 2 atom stereocenters. The van der Waals surface area contributed by atoms with Crippen LogP contribution in [0.15, 0.2) is 84.9 Å². The first-order valence-electron chi connectivity index (χ1n) is 22.6. The maximum atomic E-state index is 14.6. The number of benzene rings is 4. The Morgan fingerprint density at radius 1 is 0.628 bits per heavy atom. The number of fused-ring (bicyclic) bond motifs is 1. The molecule has 4 aromatic carbocycles. The molecule has 0 spiro atoms. The molecule has 0 radical (unpaired) electrons. The van der Waals surface area contributed by atoms with Crippen LogP contribution in [0, 0.1) is 25.5 Å². The monoisotopic (exact) mass is 1150 g/mol. The van der Waals surface area contributed by atoms with Crippen molar-refractivity contribution >= 4 is 58.5 Å². The summed E-state index contributed by atoms with van der Waals surface area (Å²) in [6, 6.07) is 14.9. The van der Waals surface area contributed by atoms with Gasteiger partial charge < -0.3 is 16.4 Å². The Morgan fingerprint density at radius 2 is 1.13 bits per heavy atom. The number of amides is 4. The highest BCUT2D eigenvalue weighted by Gasteiger charge is 2.44. The van der Waals surface area contributed by atoms with E-state index in [9.17, 15) is 80.6 Å². The van der Waals surface area contributed by atoms with E-state index in [1.54, 1.807) is 18.7 Å². The second-order valence-electron chi connectivity index (χ2n) is 17.4. The minimum Gasteiger partial charge on any atom is -0.349 e. The summed E-state index contributed by atoms with van der Waals surface area (Å²) in [6.45, 7) is 5.43. The molecule has 4 N–H and O–H groups in total. The van der Waals surface area contributed by atoms with E-state index in [1.165, 1.54) is 86.3 Å². The van der Waals surface area contributed by atoms with Crippen molar-refractivity contribution in [3.05, 3.63) is 164 Å². The molecule has 78 heavy (non-hydrogen) atoms. The first-order valence-corrected chi connectivity index (χ1v) is 25.4. The average Bonchev–Trinajstić information content (AvgIpc) is 4.06. The molecule has 28 heteroatoms. The molecule has 12 nitrogen and oxygen atoms in total. The number of alkyl halides is 12. The molecule has 0 unspecified atom stereocenters. The van der Waals surface area contributed by atoms with Crippen molar-refractivity contribution in [2.75, 3.05) is 34.2 Å². The Kier molecular flexibility index (Phi) is 19.7. The molecule has 0 bridgehead atoms. The lowest BCUT2D eigenvalue weighted by Gasteiger charge is -2.18. The number of hydrogen-bond donors (Lipinski definition) is 3. The summed E-state index contributed by atoms with van der Waals surface area (Å²) >= 11 is 3.26. The van der Waals surface area contributed by atoms with Crippen LogP contribution in [0.3, 0.4) is 0 Å². The van der Waals surface area contributed by atoms with E-state index in [0.29, 0.717) is 17.4 Å². The number of imide groups is 1. The lowest BCUT2D eigenvalue weighted by molar-refractivity contribution is -0.145. The number of nitrogens with zero attached hydrogens (tertiary/aromatic N) is 5. The number of rotatable bonds is 13. The summed E-state index contributed by atoms with van der Waals surface area (Å²) in [6.07, 6.45) is -16.4. The van der Waals surface area contributed by atoms with Crippen LogP contribution in [0.25, 0.3) is 0 Å². The fourth-order valence-electron chi connectivity index (χ4n) is 7.63. The molecule has 420 valence electrons. The number of carbonyl (C=O) groups is 4. The first kappa shape index (κ1) is 61.9. The maximum absolute atomic E-state index is 14.6. The standard InChI is InChI=1S/C25H23F7N4O2S.C21H12F7N3O2.C4H11NS/c1-13-9-15(11-36-20(25(30,31)32)10-19(35-36)24(27,28)29)7-8-18(13)34-22(37)16-5-4-6-17(26)21(16)23(38)33-14(2)12-39-3;1-10-7-11(9-30-16(21(26,27)28)8-15(29-30)20(23,24)25)5-6-14(10)31-18(32)12-3-2-4-13(22)17(12)19(31)33;1-4(5)3-6-2/h4-10,14H,11-12H2,1-3H3,(H,33,38)(H,34,37);2-8H,9H2,1H3;4H,3,5H2,1-2H3/t14-;;4-/m0.0/s1. The van der Waals surface area contributed by atoms with Gasteiger partial charge >= 0.3 is 24.7 Å². The van der Waals surface area contributed by atoms with E-state index in [-0.39, 0.29) is 66.7 Å². The molecule has 0 saturated carbocycles. The Bertz CT molecular complexity index is 3170. The van der Waals surface area contributed by atoms with Gasteiger partial charge in [0.25, 0.3) is 23.6 Å². The number of hydrogen-bond acceptors (Lipinski definition) is 9. The minimum atomic E-state index is -5.07. The summed E-state index contributed by atoms with van der Waals surface area (Å²) in [5.41, 5.74) is -1.12. The molecule has 6 aromatic rings. The predicted molar refractivity (Wildman–Crippen MR) is 264 cm³/mol. The van der Waals surface area contributed by atoms with E-state index in [2.05, 4.69) is 27.1 Å². The Labute approximate surface area is 444 Å². The molecule has 2 aromatic heterocycles. The summed E-state index contributed by atoms with van der Waals surface area (Å²) < 4.78 is 186. The van der Waals surface area contributed by atoms with E-state index in [0.717, 1.165) is 22.8 Å². The van der Waals surface area contributed by atoms with Gasteiger partial charge in [-0.1, -0.05) is 36.4 Å². The zero-order valence-electron chi connectivity index (χ0n) is 41.6. The van der Waals surface area contributed by atoms with Crippen molar-refractivity contribution < 1.29 is 80.6 Å². The smallest absolute Gasteiger partial charge is 0.349 e. The molecule has 4 amide bonds. The molecule has 7 rings (SSSR count). The molecule has 1 aliphatic heterocycles. The van der Waals surface area contributed by atoms with Crippen molar-refractivity contribution in [1.29, 1.82) is 0 Å². The van der Waals surface area contributed by atoms with Crippen LogP contribution in [-0.2, 0) is 37.8 Å². The van der Waals surface area contributed by atoms with Crippen LogP contribution >= 0.6 is 23.5 Å². The molecule has 3 heterocycles. The second-order valence-corrected chi connectivity index (χ2v) is 19.2. The topological polar surface area (TPSA) is 157 Å². The van der Waals surface area contributed by atoms with Gasteiger partial charge in [0.15, 0.2) is 11.4 Å². The van der Waals surface area contributed by atoms with Crippen LogP contribution in [0.4, 0.5) is 72.8 Å². The highest BCUT2D eigenvalue weighted by Crippen LogP contribution is 2.38. The first-order chi connectivity index (χ1) is 36.2. The Balaban J connectivity index is 0.000000262. The molecule has 0 fully saturated rings. The third-order valence-electron chi connectivity index (χ3n) is 11.0. The third kappa shape index (κ3) is 15.2.